The molecule has 0 aliphatic carbocycles. The molecule has 1 fully saturated rings. The quantitative estimate of drug-likeness (QED) is 0.555. The van der Waals surface area contributed by atoms with E-state index in [2.05, 4.69) is 0 Å². The fraction of sp³-hybridized carbons (Fsp3) is 1.00. The third kappa shape index (κ3) is 1.96. The van der Waals surface area contributed by atoms with Crippen molar-refractivity contribution in [2.24, 2.45) is 0 Å². The summed E-state index contributed by atoms with van der Waals surface area (Å²) in [7, 11) is -6.81. The van der Waals surface area contributed by atoms with Gasteiger partial charge in [-0.3, -0.25) is 0 Å². The molecular weight excluding hydrogens is 204 g/mol. The molecule has 12 heavy (non-hydrogen) atoms. The summed E-state index contributed by atoms with van der Waals surface area (Å²) in [5.74, 6) is -0.891. The molecule has 0 aromatic heterocycles. The molecule has 0 spiro atoms. The second kappa shape index (κ2) is 2.68. The van der Waals surface area contributed by atoms with E-state index in [4.69, 9.17) is 5.11 Å². The maximum Gasteiger partial charge on any atom is 0.154 e. The molecule has 0 aromatic rings. The van der Waals surface area contributed by atoms with Crippen LogP contribution < -0.4 is 0 Å². The second-order valence-corrected chi connectivity index (χ2v) is 7.43. The molecule has 2 atom stereocenters. The number of hydrogen-bond acceptors (Lipinski definition) is 5. The zero-order valence-electron chi connectivity index (χ0n) is 6.47. The molecule has 0 radical (unpaired) electrons. The van der Waals surface area contributed by atoms with Crippen molar-refractivity contribution in [2.45, 2.75) is 11.4 Å². The normalized spacial score (nSPS) is 35.2. The van der Waals surface area contributed by atoms with E-state index in [0.29, 0.717) is 0 Å². The van der Waals surface area contributed by atoms with Crippen molar-refractivity contribution >= 4 is 19.7 Å². The van der Waals surface area contributed by atoms with Gasteiger partial charge in [0.1, 0.15) is 5.25 Å². The molecule has 0 aromatic carbocycles. The molecule has 0 amide bonds. The second-order valence-electron chi connectivity index (χ2n) is 3.01. The Balaban J connectivity index is 3.01. The number of sulfone groups is 2. The van der Waals surface area contributed by atoms with Crippen LogP contribution in [0.3, 0.4) is 0 Å². The zero-order valence-corrected chi connectivity index (χ0v) is 8.10. The van der Waals surface area contributed by atoms with Gasteiger partial charge in [0, 0.05) is 6.26 Å². The van der Waals surface area contributed by atoms with E-state index in [-0.39, 0.29) is 0 Å². The first-order valence-corrected chi connectivity index (χ1v) is 7.07. The Hall–Kier alpha value is -0.140. The minimum absolute atomic E-state index is 0.440. The van der Waals surface area contributed by atoms with Gasteiger partial charge in [0.2, 0.25) is 0 Å². The van der Waals surface area contributed by atoms with Crippen LogP contribution in [0, 0.1) is 0 Å². The van der Waals surface area contributed by atoms with Crippen molar-refractivity contribution < 1.29 is 21.9 Å². The van der Waals surface area contributed by atoms with Crippen molar-refractivity contribution in [2.75, 3.05) is 17.8 Å². The van der Waals surface area contributed by atoms with Crippen LogP contribution in [0.5, 0.6) is 0 Å². The van der Waals surface area contributed by atoms with Gasteiger partial charge in [-0.25, -0.2) is 16.8 Å². The van der Waals surface area contributed by atoms with E-state index in [9.17, 15) is 16.8 Å². The van der Waals surface area contributed by atoms with Crippen LogP contribution in [-0.2, 0) is 19.7 Å². The Morgan fingerprint density at radius 1 is 1.33 bits per heavy atom. The maximum atomic E-state index is 10.9. The van der Waals surface area contributed by atoms with Gasteiger partial charge >= 0.3 is 0 Å². The summed E-state index contributed by atoms with van der Waals surface area (Å²) in [6.07, 6.45) is -0.327. The Bertz CT molecular complexity index is 365. The molecule has 1 heterocycles. The summed E-state index contributed by atoms with van der Waals surface area (Å²) in [5, 5.41) is 7.97. The molecule has 5 nitrogen and oxygen atoms in total. The zero-order chi connectivity index (χ0) is 9.57. The van der Waals surface area contributed by atoms with E-state index < -0.39 is 42.5 Å². The fourth-order valence-corrected chi connectivity index (χ4v) is 5.22. The van der Waals surface area contributed by atoms with Crippen LogP contribution >= 0.6 is 0 Å². The number of aliphatic hydroxyl groups is 1. The lowest BCUT2D eigenvalue weighted by Gasteiger charge is -2.08. The number of rotatable bonds is 1. The largest absolute Gasteiger partial charge is 0.391 e. The predicted molar refractivity (Wildman–Crippen MR) is 43.3 cm³/mol. The van der Waals surface area contributed by atoms with Crippen molar-refractivity contribution in [1.29, 1.82) is 0 Å². The first kappa shape index (κ1) is 9.94. The third-order valence-corrected chi connectivity index (χ3v) is 5.33. The van der Waals surface area contributed by atoms with Gasteiger partial charge in [0.15, 0.2) is 19.7 Å². The number of hydrogen-bond donors (Lipinski definition) is 1. The standard InChI is InChI=1S/C5H10O5S2/c1-11(7,8)5-3-12(9,10)2-4(5)6/h4-6H,2-3H2,1H3/t4-,5+/m0/s1. The topological polar surface area (TPSA) is 88.5 Å². The minimum Gasteiger partial charge on any atom is -0.391 e. The van der Waals surface area contributed by atoms with Crippen molar-refractivity contribution in [3.05, 3.63) is 0 Å². The summed E-state index contributed by atoms with van der Waals surface area (Å²) in [6, 6.07) is 0. The van der Waals surface area contributed by atoms with E-state index in [1.807, 2.05) is 0 Å². The summed E-state index contributed by atoms with van der Waals surface area (Å²) in [6.45, 7) is 0. The SMILES string of the molecule is CS(=O)(=O)[C@@H]1CS(=O)(=O)C[C@@H]1O. The Morgan fingerprint density at radius 3 is 2.00 bits per heavy atom. The highest BCUT2D eigenvalue weighted by Gasteiger charge is 2.42. The molecule has 0 saturated carbocycles. The first-order chi connectivity index (χ1) is 5.22. The Morgan fingerprint density at radius 2 is 1.83 bits per heavy atom. The summed E-state index contributed by atoms with van der Waals surface area (Å²) < 4.78 is 43.6. The molecule has 1 saturated heterocycles. The van der Waals surface area contributed by atoms with E-state index in [1.165, 1.54) is 0 Å². The molecule has 0 unspecified atom stereocenters. The van der Waals surface area contributed by atoms with Crippen LogP contribution in [-0.4, -0.2) is 51.1 Å². The Labute approximate surface area is 71.2 Å². The average molecular weight is 214 g/mol. The lowest BCUT2D eigenvalue weighted by molar-refractivity contribution is 0.204. The van der Waals surface area contributed by atoms with Gasteiger partial charge in [0.05, 0.1) is 17.6 Å². The summed E-state index contributed by atoms with van der Waals surface area (Å²) >= 11 is 0. The fourth-order valence-electron chi connectivity index (χ4n) is 1.21. The van der Waals surface area contributed by atoms with Crippen molar-refractivity contribution in [3.8, 4) is 0 Å². The minimum atomic E-state index is -3.45. The summed E-state index contributed by atoms with van der Waals surface area (Å²) in [4.78, 5) is 0. The first-order valence-electron chi connectivity index (χ1n) is 3.30. The third-order valence-electron chi connectivity index (χ3n) is 1.82. The molecule has 72 valence electrons. The van der Waals surface area contributed by atoms with E-state index in [0.717, 1.165) is 6.26 Å². The molecule has 1 N–H and O–H groups in total. The predicted octanol–water partition coefficient (Wildman–Crippen LogP) is -1.81. The molecule has 7 heteroatoms. The van der Waals surface area contributed by atoms with Crippen molar-refractivity contribution in [3.63, 3.8) is 0 Å². The van der Waals surface area contributed by atoms with Crippen LogP contribution in [0.4, 0.5) is 0 Å². The lowest BCUT2D eigenvalue weighted by Crippen LogP contribution is -2.31. The average Bonchev–Trinajstić information content (AvgIpc) is 2.03. The van der Waals surface area contributed by atoms with E-state index in [1.54, 1.807) is 0 Å². The molecule has 1 aliphatic rings. The van der Waals surface area contributed by atoms with Gasteiger partial charge in [0.25, 0.3) is 0 Å². The molecule has 1 rings (SSSR count). The molecule has 1 aliphatic heterocycles. The summed E-state index contributed by atoms with van der Waals surface area (Å²) in [5.41, 5.74) is 0. The number of aliphatic hydroxyl groups excluding tert-OH is 1. The van der Waals surface area contributed by atoms with Gasteiger partial charge in [-0.2, -0.15) is 0 Å². The van der Waals surface area contributed by atoms with Crippen LogP contribution in [0.25, 0.3) is 0 Å². The van der Waals surface area contributed by atoms with Crippen LogP contribution in [0.15, 0.2) is 0 Å². The van der Waals surface area contributed by atoms with Crippen LogP contribution in [0.1, 0.15) is 0 Å². The monoisotopic (exact) mass is 214 g/mol. The van der Waals surface area contributed by atoms with Gasteiger partial charge in [-0.15, -0.1) is 0 Å². The highest BCUT2D eigenvalue weighted by molar-refractivity contribution is 7.96. The van der Waals surface area contributed by atoms with Gasteiger partial charge in [-0.05, 0) is 0 Å². The molecule has 0 bridgehead atoms. The van der Waals surface area contributed by atoms with E-state index >= 15 is 0 Å². The lowest BCUT2D eigenvalue weighted by atomic mass is 10.3. The highest BCUT2D eigenvalue weighted by Crippen LogP contribution is 2.18. The van der Waals surface area contributed by atoms with Gasteiger partial charge in [-0.1, -0.05) is 0 Å². The Kier molecular flexibility index (Phi) is 2.22. The molecular formula is C5H10O5S2. The maximum absolute atomic E-state index is 10.9. The highest BCUT2D eigenvalue weighted by atomic mass is 32.2. The van der Waals surface area contributed by atoms with Crippen molar-refractivity contribution in [1.82, 2.24) is 0 Å². The smallest absolute Gasteiger partial charge is 0.154 e. The van der Waals surface area contributed by atoms with Gasteiger partial charge < -0.3 is 5.11 Å². The van der Waals surface area contributed by atoms with Crippen LogP contribution in [0.2, 0.25) is 0 Å².